The van der Waals surface area contributed by atoms with Crippen molar-refractivity contribution in [3.63, 3.8) is 0 Å². The average molecular weight is 218 g/mol. The summed E-state index contributed by atoms with van der Waals surface area (Å²) in [7, 11) is 0. The number of ether oxygens (including phenoxy) is 4. The van der Waals surface area contributed by atoms with Gasteiger partial charge in [0, 0.05) is 6.61 Å². The van der Waals surface area contributed by atoms with Crippen molar-refractivity contribution in [1.29, 1.82) is 0 Å². The number of hydrogen-bond acceptors (Lipinski definition) is 5. The van der Waals surface area contributed by atoms with Crippen molar-refractivity contribution in [2.24, 2.45) is 5.41 Å². The molecule has 0 amide bonds. The van der Waals surface area contributed by atoms with Crippen molar-refractivity contribution in [2.75, 3.05) is 40.0 Å². The molecule has 0 aliphatic carbocycles. The minimum Gasteiger partial charge on any atom is -0.396 e. The largest absolute Gasteiger partial charge is 0.396 e. The van der Waals surface area contributed by atoms with Crippen molar-refractivity contribution < 1.29 is 24.1 Å². The summed E-state index contributed by atoms with van der Waals surface area (Å²) in [5, 5.41) is 8.83. The van der Waals surface area contributed by atoms with E-state index in [-0.39, 0.29) is 18.1 Å². The van der Waals surface area contributed by atoms with Gasteiger partial charge in [0.2, 0.25) is 0 Å². The first kappa shape index (κ1) is 11.3. The van der Waals surface area contributed by atoms with E-state index in [4.69, 9.17) is 24.1 Å². The molecule has 88 valence electrons. The summed E-state index contributed by atoms with van der Waals surface area (Å²) in [5.41, 5.74) is -0.175. The lowest BCUT2D eigenvalue weighted by molar-refractivity contribution is -0.277. The molecule has 0 aromatic carbocycles. The van der Waals surface area contributed by atoms with Crippen LogP contribution in [0, 0.1) is 5.41 Å². The van der Waals surface area contributed by atoms with Crippen LogP contribution < -0.4 is 0 Å². The molecular weight excluding hydrogens is 200 g/mol. The molecule has 0 saturated carbocycles. The van der Waals surface area contributed by atoms with Gasteiger partial charge < -0.3 is 24.1 Å². The van der Waals surface area contributed by atoms with E-state index < -0.39 is 0 Å². The highest BCUT2D eigenvalue weighted by molar-refractivity contribution is 4.90. The van der Waals surface area contributed by atoms with Crippen molar-refractivity contribution in [2.45, 2.75) is 18.9 Å². The minimum atomic E-state index is -0.175. The Morgan fingerprint density at radius 3 is 2.40 bits per heavy atom. The molecule has 0 radical (unpaired) electrons. The Morgan fingerprint density at radius 1 is 1.07 bits per heavy atom. The third-order valence-corrected chi connectivity index (χ3v) is 3.00. The van der Waals surface area contributed by atoms with Crippen LogP contribution in [0.4, 0.5) is 0 Å². The first-order chi connectivity index (χ1) is 7.37. The van der Waals surface area contributed by atoms with E-state index in [1.54, 1.807) is 0 Å². The Morgan fingerprint density at radius 2 is 1.73 bits per heavy atom. The fourth-order valence-electron chi connectivity index (χ4n) is 2.17. The zero-order valence-electron chi connectivity index (χ0n) is 8.81. The molecule has 5 nitrogen and oxygen atoms in total. The van der Waals surface area contributed by atoms with Gasteiger partial charge in [-0.1, -0.05) is 0 Å². The summed E-state index contributed by atoms with van der Waals surface area (Å²) < 4.78 is 21.6. The van der Waals surface area contributed by atoms with E-state index in [1.807, 2.05) is 0 Å². The van der Waals surface area contributed by atoms with Gasteiger partial charge in [-0.25, -0.2) is 0 Å². The van der Waals surface area contributed by atoms with E-state index in [2.05, 4.69) is 0 Å². The first-order valence-electron chi connectivity index (χ1n) is 5.33. The molecule has 1 N–H and O–H groups in total. The van der Waals surface area contributed by atoms with E-state index in [0.717, 1.165) is 12.8 Å². The summed E-state index contributed by atoms with van der Waals surface area (Å²) in [5.74, 6) is 0. The molecule has 5 heteroatoms. The van der Waals surface area contributed by atoms with Crippen molar-refractivity contribution in [3.05, 3.63) is 0 Å². The smallest absolute Gasteiger partial charge is 0.147 e. The average Bonchev–Trinajstić information content (AvgIpc) is 2.29. The fraction of sp³-hybridized carbons (Fsp3) is 1.00. The third kappa shape index (κ3) is 2.49. The van der Waals surface area contributed by atoms with E-state index in [1.165, 1.54) is 0 Å². The van der Waals surface area contributed by atoms with E-state index >= 15 is 0 Å². The normalized spacial score (nSPS) is 30.6. The van der Waals surface area contributed by atoms with E-state index in [0.29, 0.717) is 33.4 Å². The van der Waals surface area contributed by atoms with Gasteiger partial charge in [-0.2, -0.15) is 0 Å². The van der Waals surface area contributed by atoms with Gasteiger partial charge in [0.1, 0.15) is 13.6 Å². The zero-order chi connectivity index (χ0) is 10.6. The van der Waals surface area contributed by atoms with Crippen LogP contribution in [0.3, 0.4) is 0 Å². The Hall–Kier alpha value is -0.200. The van der Waals surface area contributed by atoms with Gasteiger partial charge in [0.05, 0.1) is 31.3 Å². The molecule has 1 atom stereocenters. The molecular formula is C10H18O5. The molecule has 1 spiro atoms. The second-order valence-corrected chi connectivity index (χ2v) is 4.16. The summed E-state index contributed by atoms with van der Waals surface area (Å²) in [4.78, 5) is 0. The maximum Gasteiger partial charge on any atom is 0.147 e. The third-order valence-electron chi connectivity index (χ3n) is 3.00. The van der Waals surface area contributed by atoms with Gasteiger partial charge in [0.15, 0.2) is 0 Å². The predicted octanol–water partition coefficient (Wildman–Crippen LogP) is 0.122. The van der Waals surface area contributed by atoms with Crippen LogP contribution in [0.25, 0.3) is 0 Å². The molecule has 15 heavy (non-hydrogen) atoms. The van der Waals surface area contributed by atoms with E-state index in [9.17, 15) is 0 Å². The highest BCUT2D eigenvalue weighted by Crippen LogP contribution is 2.34. The minimum absolute atomic E-state index is 0.0682. The Bertz CT molecular complexity index is 182. The maximum absolute atomic E-state index is 8.83. The van der Waals surface area contributed by atoms with Crippen molar-refractivity contribution in [3.8, 4) is 0 Å². The van der Waals surface area contributed by atoms with Crippen molar-refractivity contribution >= 4 is 0 Å². The van der Waals surface area contributed by atoms with Gasteiger partial charge >= 0.3 is 0 Å². The van der Waals surface area contributed by atoms with Crippen LogP contribution >= 0.6 is 0 Å². The second-order valence-electron chi connectivity index (χ2n) is 4.16. The molecule has 2 aliphatic rings. The van der Waals surface area contributed by atoms with Crippen LogP contribution in [-0.2, 0) is 18.9 Å². The van der Waals surface area contributed by atoms with Crippen molar-refractivity contribution in [1.82, 2.24) is 0 Å². The first-order valence-corrected chi connectivity index (χ1v) is 5.33. The van der Waals surface area contributed by atoms with Gasteiger partial charge in [0.25, 0.3) is 0 Å². The lowest BCUT2D eigenvalue weighted by atomic mass is 9.81. The van der Waals surface area contributed by atoms with Gasteiger partial charge in [-0.05, 0) is 12.8 Å². The number of hydrogen-bond donors (Lipinski definition) is 1. The summed E-state index contributed by atoms with van der Waals surface area (Å²) in [6.45, 7) is 2.72. The Kier molecular flexibility index (Phi) is 3.93. The highest BCUT2D eigenvalue weighted by Gasteiger charge is 2.44. The van der Waals surface area contributed by atoms with Crippen LogP contribution in [0.15, 0.2) is 0 Å². The molecule has 2 saturated heterocycles. The van der Waals surface area contributed by atoms with Crippen LogP contribution in [-0.4, -0.2) is 51.2 Å². The second kappa shape index (κ2) is 5.23. The standard InChI is InChI=1S/C10H18O5/c11-3-1-2-9-10(6-14-8-15-9)4-12-7-13-5-10/h9,11H,1-8H2. The molecule has 2 aliphatic heterocycles. The topological polar surface area (TPSA) is 57.2 Å². The molecule has 0 aromatic heterocycles. The monoisotopic (exact) mass is 218 g/mol. The quantitative estimate of drug-likeness (QED) is 0.729. The maximum atomic E-state index is 8.83. The zero-order valence-corrected chi connectivity index (χ0v) is 8.81. The number of aliphatic hydroxyl groups excluding tert-OH is 1. The number of aliphatic hydroxyl groups is 1. The SMILES string of the molecule is OCCCC1OCOCC12COCOC2. The van der Waals surface area contributed by atoms with Gasteiger partial charge in [-0.15, -0.1) is 0 Å². The molecule has 2 rings (SSSR count). The van der Waals surface area contributed by atoms with Gasteiger partial charge in [-0.3, -0.25) is 0 Å². The Labute approximate surface area is 89.3 Å². The molecule has 1 unspecified atom stereocenters. The molecule has 2 heterocycles. The van der Waals surface area contributed by atoms with Crippen LogP contribution in [0.2, 0.25) is 0 Å². The molecule has 0 bridgehead atoms. The predicted molar refractivity (Wildman–Crippen MR) is 51.2 cm³/mol. The lowest BCUT2D eigenvalue weighted by Gasteiger charge is -2.45. The summed E-state index contributed by atoms with van der Waals surface area (Å²) in [6.07, 6.45) is 1.64. The fourth-order valence-corrected chi connectivity index (χ4v) is 2.17. The number of rotatable bonds is 3. The molecule has 2 fully saturated rings. The Balaban J connectivity index is 1.97. The summed E-state index contributed by atoms with van der Waals surface area (Å²) in [6, 6.07) is 0. The summed E-state index contributed by atoms with van der Waals surface area (Å²) >= 11 is 0. The van der Waals surface area contributed by atoms with Crippen LogP contribution in [0.5, 0.6) is 0 Å². The molecule has 0 aromatic rings. The lowest BCUT2D eigenvalue weighted by Crippen LogP contribution is -2.54. The highest BCUT2D eigenvalue weighted by atomic mass is 16.7. The van der Waals surface area contributed by atoms with Crippen LogP contribution in [0.1, 0.15) is 12.8 Å².